The highest BCUT2D eigenvalue weighted by Gasteiger charge is 2.31. The number of carbonyl (C=O) groups is 1. The zero-order valence-electron chi connectivity index (χ0n) is 11.4. The summed E-state index contributed by atoms with van der Waals surface area (Å²) in [5.74, 6) is -0.463. The van der Waals surface area contributed by atoms with Crippen LogP contribution >= 0.6 is 0 Å². The van der Waals surface area contributed by atoms with Gasteiger partial charge < -0.3 is 19.4 Å². The Hall–Kier alpha value is -2.09. The molecule has 0 aromatic heterocycles. The lowest BCUT2D eigenvalue weighted by molar-refractivity contribution is -0.163. The minimum Gasteiger partial charge on any atom is -0.463 e. The first-order valence-electron chi connectivity index (χ1n) is 5.91. The van der Waals surface area contributed by atoms with Crippen molar-refractivity contribution in [2.45, 2.75) is 39.3 Å². The highest BCUT2D eigenvalue weighted by Crippen LogP contribution is 2.21. The van der Waals surface area contributed by atoms with Gasteiger partial charge in [-0.1, -0.05) is 10.3 Å². The van der Waals surface area contributed by atoms with E-state index in [1.807, 2.05) is 0 Å². The Kier molecular flexibility index (Phi) is 5.98. The lowest BCUT2D eigenvalue weighted by Gasteiger charge is -2.29. The van der Waals surface area contributed by atoms with Gasteiger partial charge in [-0.05, 0) is 25.5 Å². The molecule has 1 aliphatic rings. The monoisotopic (exact) mass is 284 g/mol. The lowest BCUT2D eigenvalue weighted by atomic mass is 10.1. The third kappa shape index (κ3) is 4.54. The normalized spacial score (nSPS) is 24.2. The van der Waals surface area contributed by atoms with Crippen molar-refractivity contribution >= 4 is 11.7 Å². The molecule has 0 saturated carbocycles. The predicted octanol–water partition coefficient (Wildman–Crippen LogP) is 1.72. The van der Waals surface area contributed by atoms with Crippen molar-refractivity contribution in [3.63, 3.8) is 0 Å². The number of carbonyl (C=O) groups excluding carboxylic acids is 1. The van der Waals surface area contributed by atoms with E-state index in [1.165, 1.54) is 13.0 Å². The summed E-state index contributed by atoms with van der Waals surface area (Å²) in [4.78, 5) is 13.4. The van der Waals surface area contributed by atoms with E-state index in [-0.39, 0.29) is 24.1 Å². The molecule has 0 aliphatic carbocycles. The van der Waals surface area contributed by atoms with Crippen LogP contribution in [-0.4, -0.2) is 42.0 Å². The maximum Gasteiger partial charge on any atom is 0.302 e. The number of azide groups is 1. The van der Waals surface area contributed by atoms with E-state index in [2.05, 4.69) is 15.2 Å². The summed E-state index contributed by atoms with van der Waals surface area (Å²) in [6.07, 6.45) is -0.478. The number of esters is 1. The fraction of sp³-hybridized carbons (Fsp3) is 0.636. The Morgan fingerprint density at radius 3 is 2.85 bits per heavy atom. The number of rotatable bonds is 5. The van der Waals surface area contributed by atoms with Gasteiger partial charge in [-0.3, -0.25) is 4.79 Å². The zero-order valence-corrected chi connectivity index (χ0v) is 11.4. The van der Waals surface area contributed by atoms with E-state index < -0.39 is 18.4 Å². The minimum atomic E-state index is -1.01. The van der Waals surface area contributed by atoms with Gasteiger partial charge in [-0.25, -0.2) is 0 Å². The van der Waals surface area contributed by atoms with Crippen LogP contribution in [0.1, 0.15) is 20.8 Å². The van der Waals surface area contributed by atoms with Gasteiger partial charge >= 0.3 is 5.97 Å². The molecule has 0 bridgehead atoms. The fourth-order valence-electron chi connectivity index (χ4n) is 1.51. The molecule has 9 nitrogen and oxygen atoms in total. The number of hydrogen-bond acceptors (Lipinski definition) is 7. The summed E-state index contributed by atoms with van der Waals surface area (Å²) in [6.45, 7) is 4.75. The Morgan fingerprint density at radius 1 is 1.65 bits per heavy atom. The Balaban J connectivity index is 2.97. The van der Waals surface area contributed by atoms with Crippen molar-refractivity contribution in [2.24, 2.45) is 10.3 Å². The van der Waals surface area contributed by atoms with Crippen LogP contribution in [0.15, 0.2) is 22.0 Å². The summed E-state index contributed by atoms with van der Waals surface area (Å²) >= 11 is 0. The molecule has 0 saturated heterocycles. The molecule has 0 radical (unpaired) electrons. The van der Waals surface area contributed by atoms with Crippen LogP contribution in [0.3, 0.4) is 0 Å². The van der Waals surface area contributed by atoms with E-state index in [0.717, 1.165) is 0 Å². The number of ether oxygens (including phenoxy) is 3. The standard InChI is InChI=1S/C11H16N4O5/c1-6(2)19-11-10(14-17)9(13-15-12)4-8(20-11)5-18-7(3)16/h4,6,8,11,17H,5H2,1-3H3/b14-10-/t8-,11-/m0/s1. The molecule has 1 heterocycles. The molecule has 0 aromatic rings. The summed E-state index contributed by atoms with van der Waals surface area (Å²) in [7, 11) is 0. The van der Waals surface area contributed by atoms with Gasteiger partial charge in [0.2, 0.25) is 6.29 Å². The van der Waals surface area contributed by atoms with Crippen LogP contribution in [0.4, 0.5) is 0 Å². The van der Waals surface area contributed by atoms with Crippen molar-refractivity contribution in [3.05, 3.63) is 22.2 Å². The van der Waals surface area contributed by atoms with Crippen molar-refractivity contribution in [1.29, 1.82) is 0 Å². The van der Waals surface area contributed by atoms with Gasteiger partial charge in [-0.15, -0.1) is 0 Å². The number of oxime groups is 1. The van der Waals surface area contributed by atoms with E-state index >= 15 is 0 Å². The SMILES string of the molecule is CC(=O)OC[C@@H]1C=C(N=[N+]=[N-])/C(=N/O)[C@@H](OC(C)C)O1. The van der Waals surface area contributed by atoms with Gasteiger partial charge in [0.25, 0.3) is 0 Å². The van der Waals surface area contributed by atoms with Crippen LogP contribution in [0.25, 0.3) is 10.4 Å². The van der Waals surface area contributed by atoms with E-state index in [0.29, 0.717) is 0 Å². The minimum absolute atomic E-state index is 0.0319. The zero-order chi connectivity index (χ0) is 15.1. The van der Waals surface area contributed by atoms with Crippen molar-refractivity contribution in [1.82, 2.24) is 0 Å². The van der Waals surface area contributed by atoms with Crippen molar-refractivity contribution < 1.29 is 24.2 Å². The molecule has 2 atom stereocenters. The van der Waals surface area contributed by atoms with Crippen LogP contribution in [0, 0.1) is 0 Å². The smallest absolute Gasteiger partial charge is 0.302 e. The highest BCUT2D eigenvalue weighted by molar-refractivity contribution is 6.02. The third-order valence-corrected chi connectivity index (χ3v) is 2.23. The van der Waals surface area contributed by atoms with E-state index in [4.69, 9.17) is 24.9 Å². The largest absolute Gasteiger partial charge is 0.463 e. The maximum atomic E-state index is 10.8. The molecular weight excluding hydrogens is 268 g/mol. The molecule has 1 rings (SSSR count). The molecular formula is C11H16N4O5. The quantitative estimate of drug-likeness (QED) is 0.205. The van der Waals surface area contributed by atoms with Gasteiger partial charge in [0.05, 0.1) is 11.8 Å². The first-order chi connectivity index (χ1) is 9.47. The Morgan fingerprint density at radius 2 is 2.35 bits per heavy atom. The highest BCUT2D eigenvalue weighted by atomic mass is 16.7. The molecule has 0 aromatic carbocycles. The van der Waals surface area contributed by atoms with Crippen molar-refractivity contribution in [2.75, 3.05) is 6.61 Å². The molecule has 0 amide bonds. The molecule has 9 heteroatoms. The second-order valence-electron chi connectivity index (χ2n) is 4.22. The lowest BCUT2D eigenvalue weighted by Crippen LogP contribution is -2.40. The molecule has 0 unspecified atom stereocenters. The summed E-state index contributed by atoms with van der Waals surface area (Å²) in [5, 5.41) is 15.5. The third-order valence-electron chi connectivity index (χ3n) is 2.23. The van der Waals surface area contributed by atoms with E-state index in [9.17, 15) is 4.79 Å². The summed E-state index contributed by atoms with van der Waals surface area (Å²) < 4.78 is 15.7. The molecule has 1 aliphatic heterocycles. The summed E-state index contributed by atoms with van der Waals surface area (Å²) in [5.41, 5.74) is 8.56. The van der Waals surface area contributed by atoms with E-state index in [1.54, 1.807) is 13.8 Å². The number of hydrogen-bond donors (Lipinski definition) is 1. The summed E-state index contributed by atoms with van der Waals surface area (Å²) in [6, 6.07) is 0. The molecule has 1 N–H and O–H groups in total. The van der Waals surface area contributed by atoms with Crippen LogP contribution in [0.5, 0.6) is 0 Å². The second-order valence-corrected chi connectivity index (χ2v) is 4.22. The van der Waals surface area contributed by atoms with Crippen molar-refractivity contribution in [3.8, 4) is 0 Å². The Bertz CT molecular complexity index is 467. The molecule has 0 fully saturated rings. The maximum absolute atomic E-state index is 10.8. The fourth-order valence-corrected chi connectivity index (χ4v) is 1.51. The predicted molar refractivity (Wildman–Crippen MR) is 68.0 cm³/mol. The van der Waals surface area contributed by atoms with Gasteiger partial charge in [0, 0.05) is 11.8 Å². The first kappa shape index (κ1) is 16.0. The van der Waals surface area contributed by atoms with Gasteiger partial charge in [-0.2, -0.15) is 0 Å². The van der Waals surface area contributed by atoms with Crippen LogP contribution in [0.2, 0.25) is 0 Å². The topological polar surface area (TPSA) is 126 Å². The van der Waals surface area contributed by atoms with Crippen LogP contribution < -0.4 is 0 Å². The number of nitrogens with zero attached hydrogens (tertiary/aromatic N) is 4. The second kappa shape index (κ2) is 7.49. The van der Waals surface area contributed by atoms with Gasteiger partial charge in [0.1, 0.15) is 18.4 Å². The average molecular weight is 284 g/mol. The first-order valence-corrected chi connectivity index (χ1v) is 5.91. The average Bonchev–Trinajstić information content (AvgIpc) is 2.36. The molecule has 0 spiro atoms. The molecule has 110 valence electrons. The van der Waals surface area contributed by atoms with Gasteiger partial charge in [0.15, 0.2) is 0 Å². The van der Waals surface area contributed by atoms with Crippen LogP contribution in [-0.2, 0) is 19.0 Å². The molecule has 20 heavy (non-hydrogen) atoms. The Labute approximate surface area is 115 Å².